The van der Waals surface area contributed by atoms with Crippen molar-refractivity contribution in [3.8, 4) is 5.75 Å². The van der Waals surface area contributed by atoms with Crippen molar-refractivity contribution < 1.29 is 4.74 Å². The van der Waals surface area contributed by atoms with Gasteiger partial charge in [-0.25, -0.2) is 0 Å². The number of nitrogens with two attached hydrogens (primary N) is 1. The average molecular weight is 256 g/mol. The summed E-state index contributed by atoms with van der Waals surface area (Å²) in [5, 5.41) is 1.01. The first-order valence-electron chi connectivity index (χ1n) is 7.10. The van der Waals surface area contributed by atoms with Crippen molar-refractivity contribution in [2.45, 2.75) is 32.1 Å². The van der Waals surface area contributed by atoms with E-state index < -0.39 is 0 Å². The summed E-state index contributed by atoms with van der Waals surface area (Å²) >= 11 is 0. The van der Waals surface area contributed by atoms with Crippen LogP contribution < -0.4 is 10.5 Å². The van der Waals surface area contributed by atoms with E-state index in [1.165, 1.54) is 32.1 Å². The zero-order chi connectivity index (χ0) is 13.1. The molecule has 1 aliphatic rings. The van der Waals surface area contributed by atoms with Crippen LogP contribution in [-0.2, 0) is 0 Å². The lowest BCUT2D eigenvalue weighted by Gasteiger charge is -2.22. The zero-order valence-electron chi connectivity index (χ0n) is 11.1. The Balaban J connectivity index is 1.79. The van der Waals surface area contributed by atoms with Gasteiger partial charge in [0.05, 0.1) is 17.8 Å². The number of hydrogen-bond donors (Lipinski definition) is 1. The summed E-state index contributed by atoms with van der Waals surface area (Å²) in [6.45, 7) is 0.813. The molecule has 3 rings (SSSR count). The predicted octanol–water partition coefficient (Wildman–Crippen LogP) is 3.78. The lowest BCUT2D eigenvalue weighted by molar-refractivity contribution is 0.210. The van der Waals surface area contributed by atoms with Crippen molar-refractivity contribution in [1.29, 1.82) is 0 Å². The molecule has 100 valence electrons. The minimum atomic E-state index is 0.707. The third-order valence-corrected chi connectivity index (χ3v) is 3.96. The van der Waals surface area contributed by atoms with Crippen LogP contribution in [0.2, 0.25) is 0 Å². The minimum absolute atomic E-state index is 0.707. The molecule has 19 heavy (non-hydrogen) atoms. The molecule has 0 amide bonds. The van der Waals surface area contributed by atoms with Crippen molar-refractivity contribution in [2.24, 2.45) is 5.92 Å². The Labute approximate surface area is 113 Å². The molecule has 0 bridgehead atoms. The number of pyridine rings is 1. The van der Waals surface area contributed by atoms with Gasteiger partial charge in [0.15, 0.2) is 0 Å². The molecule has 3 nitrogen and oxygen atoms in total. The Kier molecular flexibility index (Phi) is 3.53. The highest BCUT2D eigenvalue weighted by atomic mass is 16.5. The van der Waals surface area contributed by atoms with Crippen LogP contribution in [0.25, 0.3) is 10.9 Å². The molecule has 0 spiro atoms. The Bertz CT molecular complexity index is 562. The van der Waals surface area contributed by atoms with Gasteiger partial charge in [0.25, 0.3) is 0 Å². The van der Waals surface area contributed by atoms with Crippen molar-refractivity contribution in [1.82, 2.24) is 4.98 Å². The molecule has 1 aliphatic carbocycles. The van der Waals surface area contributed by atoms with E-state index in [-0.39, 0.29) is 0 Å². The lowest BCUT2D eigenvalue weighted by atomic mass is 9.90. The maximum atomic E-state index is 6.02. The molecule has 2 aromatic rings. The maximum Gasteiger partial charge on any atom is 0.130 e. The van der Waals surface area contributed by atoms with E-state index in [1.807, 2.05) is 24.3 Å². The number of aromatic nitrogens is 1. The SMILES string of the molecule is Nc1cccc2c(OCC3CCCCC3)ccnc12. The smallest absolute Gasteiger partial charge is 0.130 e. The number of rotatable bonds is 3. The third-order valence-electron chi connectivity index (χ3n) is 3.96. The minimum Gasteiger partial charge on any atom is -0.493 e. The molecule has 0 radical (unpaired) electrons. The van der Waals surface area contributed by atoms with Crippen LogP contribution in [0.15, 0.2) is 30.5 Å². The fourth-order valence-electron chi connectivity index (χ4n) is 2.86. The number of anilines is 1. The van der Waals surface area contributed by atoms with Gasteiger partial charge in [0, 0.05) is 11.6 Å². The second-order valence-corrected chi connectivity index (χ2v) is 5.37. The summed E-state index contributed by atoms with van der Waals surface area (Å²) in [5.41, 5.74) is 7.49. The summed E-state index contributed by atoms with van der Waals surface area (Å²) in [6, 6.07) is 7.78. The predicted molar refractivity (Wildman–Crippen MR) is 78.2 cm³/mol. The molecule has 1 aromatic heterocycles. The second kappa shape index (κ2) is 5.47. The van der Waals surface area contributed by atoms with E-state index in [0.29, 0.717) is 11.6 Å². The fraction of sp³-hybridized carbons (Fsp3) is 0.438. The number of nitrogens with zero attached hydrogens (tertiary/aromatic N) is 1. The lowest BCUT2D eigenvalue weighted by Crippen LogP contribution is -2.15. The van der Waals surface area contributed by atoms with Gasteiger partial charge in [-0.3, -0.25) is 4.98 Å². The van der Waals surface area contributed by atoms with Gasteiger partial charge in [-0.2, -0.15) is 0 Å². The molecule has 1 saturated carbocycles. The highest BCUT2D eigenvalue weighted by molar-refractivity contribution is 5.93. The zero-order valence-corrected chi connectivity index (χ0v) is 11.1. The van der Waals surface area contributed by atoms with Crippen LogP contribution in [-0.4, -0.2) is 11.6 Å². The molecule has 1 aromatic carbocycles. The normalized spacial score (nSPS) is 16.6. The molecule has 1 fully saturated rings. The Hall–Kier alpha value is -1.77. The largest absolute Gasteiger partial charge is 0.493 e. The number of benzene rings is 1. The fourth-order valence-corrected chi connectivity index (χ4v) is 2.86. The molecular weight excluding hydrogens is 236 g/mol. The van der Waals surface area contributed by atoms with Crippen LogP contribution in [0.1, 0.15) is 32.1 Å². The number of nitrogen functional groups attached to an aromatic ring is 1. The highest BCUT2D eigenvalue weighted by Gasteiger charge is 2.14. The van der Waals surface area contributed by atoms with Gasteiger partial charge in [-0.15, -0.1) is 0 Å². The second-order valence-electron chi connectivity index (χ2n) is 5.37. The quantitative estimate of drug-likeness (QED) is 0.850. The topological polar surface area (TPSA) is 48.1 Å². The van der Waals surface area contributed by atoms with Gasteiger partial charge in [-0.05, 0) is 37.0 Å². The average Bonchev–Trinajstić information content (AvgIpc) is 2.47. The molecule has 0 aliphatic heterocycles. The molecule has 0 atom stereocenters. The van der Waals surface area contributed by atoms with E-state index in [1.54, 1.807) is 6.20 Å². The standard InChI is InChI=1S/C16H20N2O/c17-14-8-4-7-13-15(9-10-18-16(13)14)19-11-12-5-2-1-3-6-12/h4,7-10,12H,1-3,5-6,11,17H2. The summed E-state index contributed by atoms with van der Waals surface area (Å²) < 4.78 is 6.02. The van der Waals surface area contributed by atoms with Gasteiger partial charge in [-0.1, -0.05) is 25.3 Å². The van der Waals surface area contributed by atoms with Crippen molar-refractivity contribution in [2.75, 3.05) is 12.3 Å². The number of para-hydroxylation sites is 1. The van der Waals surface area contributed by atoms with Crippen LogP contribution >= 0.6 is 0 Å². The first kappa shape index (κ1) is 12.3. The molecule has 1 heterocycles. The first-order chi connectivity index (χ1) is 9.34. The van der Waals surface area contributed by atoms with Crippen LogP contribution in [0.3, 0.4) is 0 Å². The van der Waals surface area contributed by atoms with Crippen molar-refractivity contribution >= 4 is 16.6 Å². The Morgan fingerprint density at radius 3 is 2.84 bits per heavy atom. The van der Waals surface area contributed by atoms with E-state index in [0.717, 1.165) is 23.3 Å². The molecule has 3 heteroatoms. The summed E-state index contributed by atoms with van der Waals surface area (Å²) in [7, 11) is 0. The van der Waals surface area contributed by atoms with E-state index in [2.05, 4.69) is 4.98 Å². The van der Waals surface area contributed by atoms with Crippen molar-refractivity contribution in [3.63, 3.8) is 0 Å². The molecular formula is C16H20N2O. The Morgan fingerprint density at radius 1 is 1.16 bits per heavy atom. The van der Waals surface area contributed by atoms with Gasteiger partial charge < -0.3 is 10.5 Å². The Morgan fingerprint density at radius 2 is 2.00 bits per heavy atom. The van der Waals surface area contributed by atoms with Gasteiger partial charge in [0.2, 0.25) is 0 Å². The molecule has 0 saturated heterocycles. The first-order valence-corrected chi connectivity index (χ1v) is 7.10. The molecule has 2 N–H and O–H groups in total. The summed E-state index contributed by atoms with van der Waals surface area (Å²) in [6.07, 6.45) is 8.44. The third kappa shape index (κ3) is 2.65. The number of hydrogen-bond acceptors (Lipinski definition) is 3. The van der Waals surface area contributed by atoms with Crippen LogP contribution in [0, 0.1) is 5.92 Å². The maximum absolute atomic E-state index is 6.02. The highest BCUT2D eigenvalue weighted by Crippen LogP contribution is 2.29. The van der Waals surface area contributed by atoms with Gasteiger partial charge in [0.1, 0.15) is 5.75 Å². The summed E-state index contributed by atoms with van der Waals surface area (Å²) in [5.74, 6) is 1.61. The van der Waals surface area contributed by atoms with Crippen LogP contribution in [0.5, 0.6) is 5.75 Å². The number of ether oxygens (including phenoxy) is 1. The van der Waals surface area contributed by atoms with Crippen LogP contribution in [0.4, 0.5) is 5.69 Å². The molecule has 0 unspecified atom stereocenters. The van der Waals surface area contributed by atoms with E-state index in [9.17, 15) is 0 Å². The number of fused-ring (bicyclic) bond motifs is 1. The van der Waals surface area contributed by atoms with E-state index in [4.69, 9.17) is 10.5 Å². The van der Waals surface area contributed by atoms with Crippen molar-refractivity contribution in [3.05, 3.63) is 30.5 Å². The monoisotopic (exact) mass is 256 g/mol. The van der Waals surface area contributed by atoms with Gasteiger partial charge >= 0.3 is 0 Å². The van der Waals surface area contributed by atoms with E-state index >= 15 is 0 Å². The summed E-state index contributed by atoms with van der Waals surface area (Å²) in [4.78, 5) is 4.33.